The summed E-state index contributed by atoms with van der Waals surface area (Å²) in [4.78, 5) is 0. The van der Waals surface area contributed by atoms with Crippen molar-refractivity contribution in [3.63, 3.8) is 0 Å². The average Bonchev–Trinajstić information content (AvgIpc) is 2.89. The molecule has 0 saturated heterocycles. The van der Waals surface area contributed by atoms with Gasteiger partial charge in [-0.05, 0) is 36.4 Å². The lowest BCUT2D eigenvalue weighted by atomic mass is 10.2. The molecule has 0 aromatic heterocycles. The number of rotatable bonds is 9. The summed E-state index contributed by atoms with van der Waals surface area (Å²) in [6.07, 6.45) is 4.81. The Balaban J connectivity index is 1.78. The number of hydrazone groups is 2. The lowest BCUT2D eigenvalue weighted by Crippen LogP contribution is -2.30. The summed E-state index contributed by atoms with van der Waals surface area (Å²) in [5.74, 6) is 2.28. The predicted molar refractivity (Wildman–Crippen MR) is 135 cm³/mol. The van der Waals surface area contributed by atoms with E-state index in [9.17, 15) is 0 Å². The van der Waals surface area contributed by atoms with Crippen molar-refractivity contribution in [2.24, 2.45) is 20.4 Å². The second-order valence-electron chi connectivity index (χ2n) is 6.66. The minimum Gasteiger partial charge on any atom is -0.496 e. The van der Waals surface area contributed by atoms with Gasteiger partial charge in [-0.2, -0.15) is 15.3 Å². The summed E-state index contributed by atoms with van der Waals surface area (Å²) in [5, 5.41) is 16.7. The highest BCUT2D eigenvalue weighted by Gasteiger charge is 2.01. The van der Waals surface area contributed by atoms with E-state index in [2.05, 4.69) is 31.3 Å². The molecule has 0 aliphatic carbocycles. The molecule has 9 heteroatoms. The molecule has 3 rings (SSSR count). The molecule has 0 spiro atoms. The maximum Gasteiger partial charge on any atom is 0.257 e. The van der Waals surface area contributed by atoms with Crippen LogP contribution in [-0.2, 0) is 0 Å². The molecule has 9 nitrogen and oxygen atoms in total. The topological polar surface area (TPSA) is 101 Å². The second-order valence-corrected chi connectivity index (χ2v) is 6.66. The number of para-hydroxylation sites is 3. The van der Waals surface area contributed by atoms with E-state index in [0.29, 0.717) is 17.2 Å². The predicted octanol–water partition coefficient (Wildman–Crippen LogP) is 3.65. The van der Waals surface area contributed by atoms with Crippen LogP contribution < -0.4 is 25.1 Å². The van der Waals surface area contributed by atoms with Crippen LogP contribution in [0.1, 0.15) is 16.7 Å². The number of nitrogens with one attached hydrogen (secondary N) is 2. The van der Waals surface area contributed by atoms with Crippen LogP contribution in [-0.4, -0.2) is 45.9 Å². The minimum atomic E-state index is 0.198. The molecule has 2 N–H and O–H groups in total. The van der Waals surface area contributed by atoms with Gasteiger partial charge in [0.2, 0.25) is 0 Å². The zero-order chi connectivity index (χ0) is 24.0. The van der Waals surface area contributed by atoms with E-state index >= 15 is 0 Å². The first kappa shape index (κ1) is 24.0. The zero-order valence-electron chi connectivity index (χ0n) is 19.2. The van der Waals surface area contributed by atoms with E-state index in [-0.39, 0.29) is 5.96 Å². The fourth-order valence-corrected chi connectivity index (χ4v) is 2.86. The van der Waals surface area contributed by atoms with E-state index in [0.717, 1.165) is 16.7 Å². The Labute approximate surface area is 198 Å². The highest BCUT2D eigenvalue weighted by Crippen LogP contribution is 2.16. The Hall–Kier alpha value is -4.66. The number of ether oxygens (including phenoxy) is 3. The van der Waals surface area contributed by atoms with Gasteiger partial charge in [-0.15, -0.1) is 5.10 Å². The summed E-state index contributed by atoms with van der Waals surface area (Å²) in [5.41, 5.74) is 8.00. The summed E-state index contributed by atoms with van der Waals surface area (Å²) in [7, 11) is 4.81. The van der Waals surface area contributed by atoms with Crippen LogP contribution >= 0.6 is 0 Å². The van der Waals surface area contributed by atoms with Gasteiger partial charge < -0.3 is 14.2 Å². The molecule has 0 aliphatic heterocycles. The van der Waals surface area contributed by atoms with Crippen molar-refractivity contribution < 1.29 is 14.2 Å². The molecule has 0 bridgehead atoms. The molecule has 0 saturated carbocycles. The molecular weight excluding hydrogens is 432 g/mol. The molecule has 0 atom stereocenters. The Morgan fingerprint density at radius 3 is 1.38 bits per heavy atom. The molecule has 3 aromatic rings. The van der Waals surface area contributed by atoms with Crippen LogP contribution in [0.3, 0.4) is 0 Å². The maximum absolute atomic E-state index is 5.34. The lowest BCUT2D eigenvalue weighted by Gasteiger charge is -2.06. The van der Waals surface area contributed by atoms with E-state index in [1.165, 1.54) is 0 Å². The summed E-state index contributed by atoms with van der Waals surface area (Å²) in [6.45, 7) is 0. The van der Waals surface area contributed by atoms with Crippen LogP contribution in [0, 0.1) is 0 Å². The van der Waals surface area contributed by atoms with Gasteiger partial charge in [0.15, 0.2) is 0 Å². The highest BCUT2D eigenvalue weighted by molar-refractivity contribution is 5.89. The van der Waals surface area contributed by atoms with Gasteiger partial charge in [0.1, 0.15) is 17.2 Å². The Kier molecular flexibility index (Phi) is 9.19. The van der Waals surface area contributed by atoms with Gasteiger partial charge in [0.25, 0.3) is 5.96 Å². The van der Waals surface area contributed by atoms with Gasteiger partial charge in [-0.25, -0.2) is 10.9 Å². The smallest absolute Gasteiger partial charge is 0.257 e. The Morgan fingerprint density at radius 1 is 0.588 bits per heavy atom. The molecule has 0 amide bonds. The monoisotopic (exact) mass is 458 g/mol. The number of guanidine groups is 1. The van der Waals surface area contributed by atoms with E-state index < -0.39 is 0 Å². The van der Waals surface area contributed by atoms with Gasteiger partial charge in [-0.1, -0.05) is 36.4 Å². The van der Waals surface area contributed by atoms with Crippen molar-refractivity contribution in [1.82, 2.24) is 10.9 Å². The molecular formula is C25H26N6O3. The van der Waals surface area contributed by atoms with Crippen molar-refractivity contribution in [3.8, 4) is 17.2 Å². The van der Waals surface area contributed by atoms with E-state index in [4.69, 9.17) is 14.2 Å². The van der Waals surface area contributed by atoms with Gasteiger partial charge in [0.05, 0.1) is 40.0 Å². The zero-order valence-corrected chi connectivity index (χ0v) is 19.2. The third-order valence-electron chi connectivity index (χ3n) is 4.52. The normalized spacial score (nSPS) is 11.8. The number of benzene rings is 3. The second kappa shape index (κ2) is 13.0. The van der Waals surface area contributed by atoms with Crippen molar-refractivity contribution >= 4 is 24.6 Å². The van der Waals surface area contributed by atoms with E-state index in [1.54, 1.807) is 40.0 Å². The molecule has 3 aromatic carbocycles. The first-order valence-electron chi connectivity index (χ1n) is 10.3. The van der Waals surface area contributed by atoms with Crippen molar-refractivity contribution in [2.45, 2.75) is 0 Å². The van der Waals surface area contributed by atoms with Gasteiger partial charge in [0, 0.05) is 16.7 Å². The third-order valence-corrected chi connectivity index (χ3v) is 4.52. The first-order valence-corrected chi connectivity index (χ1v) is 10.3. The molecule has 0 unspecified atom stereocenters. The lowest BCUT2D eigenvalue weighted by molar-refractivity contribution is 0.414. The van der Waals surface area contributed by atoms with Gasteiger partial charge >= 0.3 is 0 Å². The summed E-state index contributed by atoms with van der Waals surface area (Å²) < 4.78 is 16.0. The standard InChI is InChI=1S/C25H26N6O3/c1-32-22-13-7-4-10-19(22)16-26-29-25(30-27-17-20-11-5-8-14-23(20)33-2)31-28-18-21-12-6-9-15-24(21)34-3/h4-18H,1-3H3,(H2,29,30,31)/b26-16-,27-17-,28-18+. The number of hydrogen-bond donors (Lipinski definition) is 2. The van der Waals surface area contributed by atoms with Gasteiger partial charge in [-0.3, -0.25) is 0 Å². The molecule has 0 aliphatic rings. The Morgan fingerprint density at radius 2 is 0.971 bits per heavy atom. The minimum absolute atomic E-state index is 0.198. The summed E-state index contributed by atoms with van der Waals surface area (Å²) in [6, 6.07) is 22.5. The molecule has 34 heavy (non-hydrogen) atoms. The van der Waals surface area contributed by atoms with E-state index in [1.807, 2.05) is 72.8 Å². The number of nitrogens with zero attached hydrogens (tertiary/aromatic N) is 4. The molecule has 174 valence electrons. The molecule has 0 fully saturated rings. The molecule has 0 heterocycles. The van der Waals surface area contributed by atoms with Crippen LogP contribution in [0.4, 0.5) is 0 Å². The summed E-state index contributed by atoms with van der Waals surface area (Å²) >= 11 is 0. The number of methoxy groups -OCH3 is 3. The van der Waals surface area contributed by atoms with Crippen molar-refractivity contribution in [3.05, 3.63) is 89.5 Å². The van der Waals surface area contributed by atoms with Crippen LogP contribution in [0.15, 0.2) is 93.2 Å². The fraction of sp³-hybridized carbons (Fsp3) is 0.120. The number of hydrogen-bond acceptors (Lipinski definition) is 7. The third kappa shape index (κ3) is 6.92. The molecule has 0 radical (unpaired) electrons. The highest BCUT2D eigenvalue weighted by atomic mass is 16.5. The first-order chi connectivity index (χ1) is 16.7. The van der Waals surface area contributed by atoms with Crippen LogP contribution in [0.5, 0.6) is 17.2 Å². The largest absolute Gasteiger partial charge is 0.496 e. The average molecular weight is 459 g/mol. The SMILES string of the molecule is COc1ccccc1/C=N\N=C(N/N=C\c1ccccc1OC)N/N=C/c1ccccc1OC. The van der Waals surface area contributed by atoms with Crippen molar-refractivity contribution in [2.75, 3.05) is 21.3 Å². The van der Waals surface area contributed by atoms with Crippen molar-refractivity contribution in [1.29, 1.82) is 0 Å². The maximum atomic E-state index is 5.34. The Bertz CT molecular complexity index is 1130. The quantitative estimate of drug-likeness (QED) is 0.290. The fourth-order valence-electron chi connectivity index (χ4n) is 2.86. The van der Waals surface area contributed by atoms with Crippen LogP contribution in [0.2, 0.25) is 0 Å². The van der Waals surface area contributed by atoms with Crippen LogP contribution in [0.25, 0.3) is 0 Å².